The van der Waals surface area contributed by atoms with E-state index in [0.717, 1.165) is 6.42 Å². The Kier molecular flexibility index (Phi) is 5.10. The Morgan fingerprint density at radius 2 is 2.29 bits per heavy atom. The van der Waals surface area contributed by atoms with Crippen molar-refractivity contribution in [2.24, 2.45) is 5.92 Å². The number of nitrogens with zero attached hydrogens (tertiary/aromatic N) is 2. The molecule has 0 bridgehead atoms. The zero-order valence-electron chi connectivity index (χ0n) is 10.1. The van der Waals surface area contributed by atoms with Gasteiger partial charge in [-0.05, 0) is 5.92 Å². The molecule has 17 heavy (non-hydrogen) atoms. The first kappa shape index (κ1) is 14.1. The number of sulfonamides is 1. The molecule has 0 aliphatic carbocycles. The van der Waals surface area contributed by atoms with Crippen molar-refractivity contribution < 1.29 is 13.5 Å². The van der Waals surface area contributed by atoms with Crippen molar-refractivity contribution in [2.75, 3.05) is 13.2 Å². The fraction of sp³-hybridized carbons (Fsp3) is 0.700. The molecular formula is C10H19N3O3S. The largest absolute Gasteiger partial charge is 0.394 e. The van der Waals surface area contributed by atoms with Gasteiger partial charge < -0.3 is 5.11 Å². The van der Waals surface area contributed by atoms with Crippen LogP contribution < -0.4 is 4.72 Å². The molecule has 0 aliphatic rings. The van der Waals surface area contributed by atoms with Crippen LogP contribution in [0.5, 0.6) is 0 Å². The fourth-order valence-electron chi connectivity index (χ4n) is 1.19. The van der Waals surface area contributed by atoms with Crippen molar-refractivity contribution in [1.29, 1.82) is 0 Å². The van der Waals surface area contributed by atoms with Gasteiger partial charge in [0.25, 0.3) is 0 Å². The zero-order chi connectivity index (χ0) is 12.9. The van der Waals surface area contributed by atoms with Gasteiger partial charge in [0.15, 0.2) is 0 Å². The summed E-state index contributed by atoms with van der Waals surface area (Å²) in [6.45, 7) is 4.64. The average molecular weight is 261 g/mol. The van der Waals surface area contributed by atoms with Gasteiger partial charge in [-0.25, -0.2) is 13.1 Å². The lowest BCUT2D eigenvalue weighted by Crippen LogP contribution is -2.28. The Morgan fingerprint density at radius 3 is 2.88 bits per heavy atom. The van der Waals surface area contributed by atoms with Gasteiger partial charge >= 0.3 is 0 Å². The third-order valence-corrected chi connectivity index (χ3v) is 3.95. The summed E-state index contributed by atoms with van der Waals surface area (Å²) in [7, 11) is -3.48. The van der Waals surface area contributed by atoms with Crippen molar-refractivity contribution in [1.82, 2.24) is 14.5 Å². The lowest BCUT2D eigenvalue weighted by atomic mass is 10.1. The van der Waals surface area contributed by atoms with E-state index in [0.29, 0.717) is 19.0 Å². The second kappa shape index (κ2) is 6.13. The molecule has 7 heteroatoms. The van der Waals surface area contributed by atoms with E-state index in [1.54, 1.807) is 0 Å². The highest BCUT2D eigenvalue weighted by Crippen LogP contribution is 2.08. The quantitative estimate of drug-likeness (QED) is 0.734. The van der Waals surface area contributed by atoms with E-state index in [9.17, 15) is 8.42 Å². The topological polar surface area (TPSA) is 84.2 Å². The van der Waals surface area contributed by atoms with Crippen molar-refractivity contribution >= 4 is 10.0 Å². The second-order valence-corrected chi connectivity index (χ2v) is 5.79. The molecule has 0 fully saturated rings. The summed E-state index contributed by atoms with van der Waals surface area (Å²) in [5, 5.41) is 12.6. The molecule has 0 radical (unpaired) electrons. The smallest absolute Gasteiger partial charge is 0.243 e. The highest BCUT2D eigenvalue weighted by Gasteiger charge is 2.16. The number of hydrogen-bond acceptors (Lipinski definition) is 4. The Labute approximate surface area is 102 Å². The number of nitrogens with one attached hydrogen (secondary N) is 1. The first-order valence-corrected chi connectivity index (χ1v) is 7.11. The monoisotopic (exact) mass is 261 g/mol. The van der Waals surface area contributed by atoms with Crippen molar-refractivity contribution in [2.45, 2.75) is 31.7 Å². The SMILES string of the molecule is CCC(C)CNS(=O)(=O)c1cnn(CCO)c1. The van der Waals surface area contributed by atoms with Crippen molar-refractivity contribution in [3.05, 3.63) is 12.4 Å². The summed E-state index contributed by atoms with van der Waals surface area (Å²) in [5.74, 6) is 0.303. The van der Waals surface area contributed by atoms with Crippen LogP contribution >= 0.6 is 0 Å². The van der Waals surface area contributed by atoms with Gasteiger partial charge in [0.1, 0.15) is 4.90 Å². The van der Waals surface area contributed by atoms with Gasteiger partial charge in [-0.3, -0.25) is 4.68 Å². The molecule has 0 aliphatic heterocycles. The van der Waals surface area contributed by atoms with Crippen LogP contribution in [0.2, 0.25) is 0 Å². The molecule has 0 saturated heterocycles. The molecule has 1 aromatic rings. The Balaban J connectivity index is 2.68. The normalized spacial score (nSPS) is 13.8. The van der Waals surface area contributed by atoms with Gasteiger partial charge in [-0.1, -0.05) is 20.3 Å². The number of aromatic nitrogens is 2. The van der Waals surface area contributed by atoms with Crippen LogP contribution in [-0.2, 0) is 16.6 Å². The van der Waals surface area contributed by atoms with Crippen LogP contribution in [0, 0.1) is 5.92 Å². The lowest BCUT2D eigenvalue weighted by molar-refractivity contribution is 0.269. The van der Waals surface area contributed by atoms with Crippen LogP contribution in [-0.4, -0.2) is 36.5 Å². The average Bonchev–Trinajstić information content (AvgIpc) is 2.76. The molecule has 1 atom stereocenters. The molecule has 1 aromatic heterocycles. The highest BCUT2D eigenvalue weighted by atomic mass is 32.2. The number of rotatable bonds is 7. The number of hydrogen-bond donors (Lipinski definition) is 2. The molecule has 2 N–H and O–H groups in total. The molecule has 1 rings (SSSR count). The van der Waals surface area contributed by atoms with Gasteiger partial charge in [-0.2, -0.15) is 5.10 Å². The summed E-state index contributed by atoms with van der Waals surface area (Å²) < 4.78 is 27.6. The standard InChI is InChI=1S/C10H19N3O3S/c1-3-9(2)6-12-17(15,16)10-7-11-13(8-10)4-5-14/h7-9,12,14H,3-6H2,1-2H3. The zero-order valence-corrected chi connectivity index (χ0v) is 10.9. The van der Waals surface area contributed by atoms with Crippen LogP contribution in [0.3, 0.4) is 0 Å². The fourth-order valence-corrected chi connectivity index (χ4v) is 2.30. The van der Waals surface area contributed by atoms with Crippen molar-refractivity contribution in [3.8, 4) is 0 Å². The van der Waals surface area contributed by atoms with Gasteiger partial charge in [0.2, 0.25) is 10.0 Å². The summed E-state index contributed by atoms with van der Waals surface area (Å²) in [4.78, 5) is 0.134. The first-order chi connectivity index (χ1) is 7.99. The number of aliphatic hydroxyl groups excluding tert-OH is 1. The summed E-state index contributed by atoms with van der Waals surface area (Å²) in [6, 6.07) is 0. The van der Waals surface area contributed by atoms with Crippen LogP contribution in [0.25, 0.3) is 0 Å². The van der Waals surface area contributed by atoms with E-state index in [4.69, 9.17) is 5.11 Å². The maximum atomic E-state index is 11.8. The van der Waals surface area contributed by atoms with Crippen LogP contribution in [0.1, 0.15) is 20.3 Å². The molecule has 1 unspecified atom stereocenters. The summed E-state index contributed by atoms with van der Waals surface area (Å²) in [6.07, 6.45) is 3.62. The van der Waals surface area contributed by atoms with Gasteiger partial charge in [0, 0.05) is 12.7 Å². The Morgan fingerprint density at radius 1 is 1.59 bits per heavy atom. The predicted molar refractivity (Wildman–Crippen MR) is 64.0 cm³/mol. The molecule has 0 saturated carbocycles. The molecule has 0 spiro atoms. The van der Waals surface area contributed by atoms with Crippen LogP contribution in [0.4, 0.5) is 0 Å². The Bertz CT molecular complexity index is 441. The summed E-state index contributed by atoms with van der Waals surface area (Å²) >= 11 is 0. The minimum atomic E-state index is -3.48. The molecule has 98 valence electrons. The van der Waals surface area contributed by atoms with Gasteiger partial charge in [0.05, 0.1) is 19.3 Å². The second-order valence-electron chi connectivity index (χ2n) is 4.03. The van der Waals surface area contributed by atoms with E-state index >= 15 is 0 Å². The lowest BCUT2D eigenvalue weighted by Gasteiger charge is -2.09. The highest BCUT2D eigenvalue weighted by molar-refractivity contribution is 7.89. The maximum absolute atomic E-state index is 11.8. The minimum absolute atomic E-state index is 0.0680. The van der Waals surface area contributed by atoms with E-state index in [-0.39, 0.29) is 11.5 Å². The Hall–Kier alpha value is -0.920. The van der Waals surface area contributed by atoms with E-state index in [2.05, 4.69) is 9.82 Å². The van der Waals surface area contributed by atoms with Crippen LogP contribution in [0.15, 0.2) is 17.3 Å². The molecular weight excluding hydrogens is 242 g/mol. The first-order valence-electron chi connectivity index (χ1n) is 5.62. The summed E-state index contributed by atoms with van der Waals surface area (Å²) in [5.41, 5.74) is 0. The van der Waals surface area contributed by atoms with E-state index in [1.165, 1.54) is 17.1 Å². The molecule has 6 nitrogen and oxygen atoms in total. The molecule has 0 amide bonds. The maximum Gasteiger partial charge on any atom is 0.243 e. The van der Waals surface area contributed by atoms with Gasteiger partial charge in [-0.15, -0.1) is 0 Å². The predicted octanol–water partition coefficient (Wildman–Crippen LogP) is 0.200. The van der Waals surface area contributed by atoms with Crippen molar-refractivity contribution in [3.63, 3.8) is 0 Å². The van der Waals surface area contributed by atoms with E-state index < -0.39 is 10.0 Å². The minimum Gasteiger partial charge on any atom is -0.394 e. The third kappa shape index (κ3) is 4.10. The molecule has 0 aromatic carbocycles. The number of aliphatic hydroxyl groups is 1. The van der Waals surface area contributed by atoms with E-state index in [1.807, 2.05) is 13.8 Å². The molecule has 1 heterocycles. The third-order valence-electron chi connectivity index (χ3n) is 2.57.